The molecule has 0 saturated carbocycles. The van der Waals surface area contributed by atoms with Gasteiger partial charge in [-0.3, -0.25) is 0 Å². The molecule has 2 atom stereocenters. The van der Waals surface area contributed by atoms with Crippen LogP contribution in [0.5, 0.6) is 5.75 Å². The second-order valence-electron chi connectivity index (χ2n) is 4.45. The standard InChI is InChI=1S/C14H17ClN2O2S/c1-8-17-7-13(20-8)14(18)11(6-16)10-5-9(15)3-4-12(10)19-2/h3-5,7,11,14,18H,6,16H2,1-2H3. The summed E-state index contributed by atoms with van der Waals surface area (Å²) >= 11 is 7.50. The van der Waals surface area contributed by atoms with Crippen molar-refractivity contribution >= 4 is 22.9 Å². The van der Waals surface area contributed by atoms with E-state index in [4.69, 9.17) is 22.1 Å². The van der Waals surface area contributed by atoms with Gasteiger partial charge in [-0.05, 0) is 25.1 Å². The molecule has 0 saturated heterocycles. The molecule has 1 aromatic heterocycles. The summed E-state index contributed by atoms with van der Waals surface area (Å²) in [5.74, 6) is 0.383. The molecule has 1 heterocycles. The Morgan fingerprint density at radius 2 is 2.25 bits per heavy atom. The number of thiazole rings is 1. The molecule has 0 aliphatic carbocycles. The molecule has 3 N–H and O–H groups in total. The number of ether oxygens (including phenoxy) is 1. The van der Waals surface area contributed by atoms with Crippen LogP contribution < -0.4 is 10.5 Å². The fraction of sp³-hybridized carbons (Fsp3) is 0.357. The Kier molecular flexibility index (Phi) is 4.99. The fourth-order valence-electron chi connectivity index (χ4n) is 2.13. The second-order valence-corrected chi connectivity index (χ2v) is 6.16. The number of hydrogen-bond acceptors (Lipinski definition) is 5. The first-order valence-corrected chi connectivity index (χ1v) is 7.40. The number of nitrogens with two attached hydrogens (primary N) is 1. The van der Waals surface area contributed by atoms with E-state index in [0.29, 0.717) is 10.8 Å². The highest BCUT2D eigenvalue weighted by atomic mass is 35.5. The molecule has 108 valence electrons. The minimum absolute atomic E-state index is 0.287. The number of aryl methyl sites for hydroxylation is 1. The van der Waals surface area contributed by atoms with E-state index in [1.54, 1.807) is 31.5 Å². The molecule has 6 heteroatoms. The van der Waals surface area contributed by atoms with Crippen molar-refractivity contribution < 1.29 is 9.84 Å². The van der Waals surface area contributed by atoms with E-state index < -0.39 is 6.10 Å². The smallest absolute Gasteiger partial charge is 0.122 e. The fourth-order valence-corrected chi connectivity index (χ4v) is 3.15. The van der Waals surface area contributed by atoms with Crippen LogP contribution in [0, 0.1) is 6.92 Å². The van der Waals surface area contributed by atoms with Crippen molar-refractivity contribution in [2.75, 3.05) is 13.7 Å². The Balaban J connectivity index is 2.39. The molecule has 0 aliphatic heterocycles. The van der Waals surface area contributed by atoms with Crippen molar-refractivity contribution in [3.05, 3.63) is 44.9 Å². The summed E-state index contributed by atoms with van der Waals surface area (Å²) in [6.45, 7) is 2.19. The van der Waals surface area contributed by atoms with E-state index in [1.165, 1.54) is 11.3 Å². The first kappa shape index (κ1) is 15.3. The van der Waals surface area contributed by atoms with Gasteiger partial charge in [0.2, 0.25) is 0 Å². The summed E-state index contributed by atoms with van der Waals surface area (Å²) in [6, 6.07) is 5.32. The van der Waals surface area contributed by atoms with Gasteiger partial charge in [0.25, 0.3) is 0 Å². The van der Waals surface area contributed by atoms with Crippen LogP contribution in [0.15, 0.2) is 24.4 Å². The van der Waals surface area contributed by atoms with Crippen LogP contribution >= 0.6 is 22.9 Å². The quantitative estimate of drug-likeness (QED) is 0.890. The minimum Gasteiger partial charge on any atom is -0.496 e. The first-order valence-electron chi connectivity index (χ1n) is 6.20. The minimum atomic E-state index is -0.724. The number of aliphatic hydroxyl groups excluding tert-OH is 1. The number of hydrogen-bond donors (Lipinski definition) is 2. The van der Waals surface area contributed by atoms with E-state index in [0.717, 1.165) is 15.4 Å². The lowest BCUT2D eigenvalue weighted by Crippen LogP contribution is -2.20. The first-order chi connectivity index (χ1) is 9.56. The summed E-state index contributed by atoms with van der Waals surface area (Å²) in [7, 11) is 1.59. The number of halogens is 1. The van der Waals surface area contributed by atoms with Crippen molar-refractivity contribution in [1.82, 2.24) is 4.98 Å². The Morgan fingerprint density at radius 3 is 2.80 bits per heavy atom. The Morgan fingerprint density at radius 1 is 1.50 bits per heavy atom. The third kappa shape index (κ3) is 3.12. The van der Waals surface area contributed by atoms with E-state index in [2.05, 4.69) is 4.98 Å². The van der Waals surface area contributed by atoms with Gasteiger partial charge in [-0.25, -0.2) is 4.98 Å². The van der Waals surface area contributed by atoms with E-state index in [-0.39, 0.29) is 12.5 Å². The molecule has 0 amide bonds. The van der Waals surface area contributed by atoms with Crippen molar-refractivity contribution in [1.29, 1.82) is 0 Å². The molecule has 0 bridgehead atoms. The van der Waals surface area contributed by atoms with E-state index >= 15 is 0 Å². The molecular formula is C14H17ClN2O2S. The van der Waals surface area contributed by atoms with Gasteiger partial charge in [-0.1, -0.05) is 11.6 Å². The maximum absolute atomic E-state index is 10.5. The average Bonchev–Trinajstić information content (AvgIpc) is 2.86. The van der Waals surface area contributed by atoms with Gasteiger partial charge in [0.1, 0.15) is 5.75 Å². The summed E-state index contributed by atoms with van der Waals surface area (Å²) in [5.41, 5.74) is 6.66. The summed E-state index contributed by atoms with van der Waals surface area (Å²) in [5, 5.41) is 12.0. The van der Waals surface area contributed by atoms with Crippen LogP contribution in [-0.2, 0) is 0 Å². The van der Waals surface area contributed by atoms with Crippen LogP contribution in [0.3, 0.4) is 0 Å². The summed E-state index contributed by atoms with van der Waals surface area (Å²) in [4.78, 5) is 4.96. The van der Waals surface area contributed by atoms with Gasteiger partial charge in [-0.2, -0.15) is 0 Å². The molecule has 0 aliphatic rings. The zero-order chi connectivity index (χ0) is 14.7. The largest absolute Gasteiger partial charge is 0.496 e. The molecule has 0 spiro atoms. The lowest BCUT2D eigenvalue weighted by molar-refractivity contribution is 0.149. The predicted molar refractivity (Wildman–Crippen MR) is 81.6 cm³/mol. The number of aliphatic hydroxyl groups is 1. The average molecular weight is 313 g/mol. The van der Waals surface area contributed by atoms with Gasteiger partial charge in [-0.15, -0.1) is 11.3 Å². The topological polar surface area (TPSA) is 68.4 Å². The highest BCUT2D eigenvalue weighted by molar-refractivity contribution is 7.11. The summed E-state index contributed by atoms with van der Waals surface area (Å²) < 4.78 is 5.34. The molecule has 2 aromatic rings. The molecule has 2 unspecified atom stereocenters. The normalized spacial score (nSPS) is 14.1. The van der Waals surface area contributed by atoms with Crippen LogP contribution in [0.25, 0.3) is 0 Å². The van der Waals surface area contributed by atoms with Crippen molar-refractivity contribution in [2.45, 2.75) is 18.9 Å². The van der Waals surface area contributed by atoms with Gasteiger partial charge >= 0.3 is 0 Å². The third-order valence-corrected chi connectivity index (χ3v) is 4.38. The van der Waals surface area contributed by atoms with Crippen molar-refractivity contribution in [3.63, 3.8) is 0 Å². The SMILES string of the molecule is COc1ccc(Cl)cc1C(CN)C(O)c1cnc(C)s1. The highest BCUT2D eigenvalue weighted by Crippen LogP contribution is 2.38. The van der Waals surface area contributed by atoms with Gasteiger partial charge in [0, 0.05) is 29.2 Å². The predicted octanol–water partition coefficient (Wildman–Crippen LogP) is 2.89. The maximum atomic E-state index is 10.5. The van der Waals surface area contributed by atoms with Crippen LogP contribution in [-0.4, -0.2) is 23.7 Å². The zero-order valence-electron chi connectivity index (χ0n) is 11.3. The zero-order valence-corrected chi connectivity index (χ0v) is 12.9. The Labute approximate surface area is 127 Å². The molecule has 0 fully saturated rings. The lowest BCUT2D eigenvalue weighted by atomic mass is 9.92. The highest BCUT2D eigenvalue weighted by Gasteiger charge is 2.26. The number of nitrogens with zero attached hydrogens (tertiary/aromatic N) is 1. The van der Waals surface area contributed by atoms with Gasteiger partial charge < -0.3 is 15.6 Å². The van der Waals surface area contributed by atoms with Crippen LogP contribution in [0.1, 0.15) is 27.5 Å². The third-order valence-electron chi connectivity index (χ3n) is 3.16. The van der Waals surface area contributed by atoms with Crippen molar-refractivity contribution in [3.8, 4) is 5.75 Å². The molecule has 0 radical (unpaired) electrons. The van der Waals surface area contributed by atoms with Gasteiger partial charge in [0.15, 0.2) is 0 Å². The van der Waals surface area contributed by atoms with Crippen LogP contribution in [0.2, 0.25) is 5.02 Å². The molecular weight excluding hydrogens is 296 g/mol. The Hall–Kier alpha value is -1.14. The monoisotopic (exact) mass is 312 g/mol. The van der Waals surface area contributed by atoms with Crippen molar-refractivity contribution in [2.24, 2.45) is 5.73 Å². The van der Waals surface area contributed by atoms with E-state index in [1.807, 2.05) is 6.92 Å². The van der Waals surface area contributed by atoms with E-state index in [9.17, 15) is 5.11 Å². The number of methoxy groups -OCH3 is 1. The summed E-state index contributed by atoms with van der Waals surface area (Å²) in [6.07, 6.45) is 0.961. The van der Waals surface area contributed by atoms with Crippen LogP contribution in [0.4, 0.5) is 0 Å². The molecule has 1 aromatic carbocycles. The second kappa shape index (κ2) is 6.54. The maximum Gasteiger partial charge on any atom is 0.122 e. The van der Waals surface area contributed by atoms with Gasteiger partial charge in [0.05, 0.1) is 23.1 Å². The lowest BCUT2D eigenvalue weighted by Gasteiger charge is -2.23. The molecule has 2 rings (SSSR count). The molecule has 4 nitrogen and oxygen atoms in total. The number of benzene rings is 1. The molecule has 20 heavy (non-hydrogen) atoms. The number of aromatic nitrogens is 1. The Bertz CT molecular complexity index is 588. The number of rotatable bonds is 5.